The molecule has 0 unspecified atom stereocenters. The van der Waals surface area contributed by atoms with Crippen molar-refractivity contribution in [2.45, 2.75) is 58.9 Å². The van der Waals surface area contributed by atoms with Crippen LogP contribution < -0.4 is 16.7 Å². The summed E-state index contributed by atoms with van der Waals surface area (Å²) in [5.74, 6) is -0.746. The number of carbonyl (C=O) groups excluding carboxylic acids is 1. The first-order chi connectivity index (χ1) is 12.0. The summed E-state index contributed by atoms with van der Waals surface area (Å²) in [7, 11) is 0. The molecule has 0 bridgehead atoms. The van der Waals surface area contributed by atoms with Crippen LogP contribution in [0.3, 0.4) is 0 Å². The molecule has 1 heterocycles. The summed E-state index contributed by atoms with van der Waals surface area (Å²) >= 11 is 0. The fourth-order valence-corrected chi connectivity index (χ4v) is 2.33. The Kier molecular flexibility index (Phi) is 8.38. The third kappa shape index (κ3) is 5.74. The van der Waals surface area contributed by atoms with Crippen molar-refractivity contribution in [1.29, 1.82) is 0 Å². The van der Waals surface area contributed by atoms with Crippen molar-refractivity contribution in [3.8, 4) is 5.88 Å². The zero-order chi connectivity index (χ0) is 18.8. The van der Waals surface area contributed by atoms with Crippen molar-refractivity contribution in [2.75, 3.05) is 0 Å². The van der Waals surface area contributed by atoms with E-state index in [9.17, 15) is 19.5 Å². The van der Waals surface area contributed by atoms with Gasteiger partial charge < -0.3 is 5.11 Å². The van der Waals surface area contributed by atoms with Gasteiger partial charge in [0.05, 0.1) is 5.71 Å². The number of amides is 1. The van der Waals surface area contributed by atoms with E-state index in [0.29, 0.717) is 12.8 Å². The number of carbonyl (C=O) groups is 1. The van der Waals surface area contributed by atoms with Gasteiger partial charge in [0, 0.05) is 13.0 Å². The number of rotatable bonds is 10. The molecule has 0 fully saturated rings. The highest BCUT2D eigenvalue weighted by Crippen LogP contribution is 2.13. The Morgan fingerprint density at radius 2 is 2.04 bits per heavy atom. The van der Waals surface area contributed by atoms with Gasteiger partial charge in [0.15, 0.2) is 0 Å². The number of hydrogen-bond acceptors (Lipinski definition) is 5. The molecule has 25 heavy (non-hydrogen) atoms. The normalized spacial score (nSPS) is 11.4. The first-order valence-corrected chi connectivity index (χ1v) is 8.48. The predicted octanol–water partition coefficient (Wildman–Crippen LogP) is 1.63. The van der Waals surface area contributed by atoms with Crippen LogP contribution in [0.25, 0.3) is 0 Å². The second-order valence-corrected chi connectivity index (χ2v) is 5.61. The minimum absolute atomic E-state index is 0.0369. The molecule has 0 saturated heterocycles. The molecular formula is C17H26N4O4. The molecule has 8 nitrogen and oxygen atoms in total. The highest BCUT2D eigenvalue weighted by molar-refractivity contribution is 6.02. The summed E-state index contributed by atoms with van der Waals surface area (Å²) in [6.07, 6.45) is 5.96. The summed E-state index contributed by atoms with van der Waals surface area (Å²) in [6, 6.07) is 0. The summed E-state index contributed by atoms with van der Waals surface area (Å²) < 4.78 is 0.974. The number of H-pyrrole nitrogens is 1. The Balaban J connectivity index is 3.01. The van der Waals surface area contributed by atoms with Gasteiger partial charge in [0.2, 0.25) is 11.8 Å². The standard InChI is InChI=1S/C17H26N4O4/c1-4-7-8-9-10-13(22)20-19-12(6-3)14-15(23)18-17(25)21(11-5-2)16(14)24/h5,24H,2,4,6-11H2,1,3H3,(H,20,22)(H,18,23,25)/b19-12+. The minimum atomic E-state index is -0.749. The monoisotopic (exact) mass is 350 g/mol. The zero-order valence-electron chi connectivity index (χ0n) is 14.8. The van der Waals surface area contributed by atoms with Crippen LogP contribution in [0.15, 0.2) is 27.3 Å². The topological polar surface area (TPSA) is 117 Å². The largest absolute Gasteiger partial charge is 0.494 e. The van der Waals surface area contributed by atoms with E-state index in [-0.39, 0.29) is 23.7 Å². The van der Waals surface area contributed by atoms with Crippen LogP contribution in [0.5, 0.6) is 5.88 Å². The maximum absolute atomic E-state index is 12.1. The quantitative estimate of drug-likeness (QED) is 0.257. The molecule has 0 atom stereocenters. The van der Waals surface area contributed by atoms with Crippen LogP contribution in [0.2, 0.25) is 0 Å². The molecular weight excluding hydrogens is 324 g/mol. The maximum Gasteiger partial charge on any atom is 0.331 e. The summed E-state index contributed by atoms with van der Waals surface area (Å²) in [5, 5.41) is 14.2. The van der Waals surface area contributed by atoms with E-state index in [2.05, 4.69) is 29.0 Å². The Hall–Kier alpha value is -2.64. The van der Waals surface area contributed by atoms with Gasteiger partial charge in [-0.25, -0.2) is 10.2 Å². The van der Waals surface area contributed by atoms with Gasteiger partial charge in [0.25, 0.3) is 5.56 Å². The average Bonchev–Trinajstić information content (AvgIpc) is 2.58. The fraction of sp³-hybridized carbons (Fsp3) is 0.529. The molecule has 0 aliphatic rings. The van der Waals surface area contributed by atoms with Crippen LogP contribution in [-0.4, -0.2) is 26.3 Å². The van der Waals surface area contributed by atoms with Crippen LogP contribution >= 0.6 is 0 Å². The fourth-order valence-electron chi connectivity index (χ4n) is 2.33. The molecule has 8 heteroatoms. The average molecular weight is 350 g/mol. The van der Waals surface area contributed by atoms with Crippen molar-refractivity contribution in [3.63, 3.8) is 0 Å². The Morgan fingerprint density at radius 3 is 2.64 bits per heavy atom. The maximum atomic E-state index is 12.1. The third-order valence-corrected chi connectivity index (χ3v) is 3.68. The molecule has 0 aromatic carbocycles. The van der Waals surface area contributed by atoms with E-state index in [1.807, 2.05) is 0 Å². The lowest BCUT2D eigenvalue weighted by atomic mass is 10.1. The highest BCUT2D eigenvalue weighted by atomic mass is 16.3. The molecule has 0 aliphatic heterocycles. The second kappa shape index (κ2) is 10.3. The van der Waals surface area contributed by atoms with Gasteiger partial charge in [-0.1, -0.05) is 39.2 Å². The van der Waals surface area contributed by atoms with Crippen molar-refractivity contribution in [2.24, 2.45) is 5.10 Å². The molecule has 1 aromatic heterocycles. The molecule has 138 valence electrons. The van der Waals surface area contributed by atoms with Crippen molar-refractivity contribution in [1.82, 2.24) is 15.0 Å². The van der Waals surface area contributed by atoms with Crippen molar-refractivity contribution in [3.05, 3.63) is 39.1 Å². The number of unbranched alkanes of at least 4 members (excludes halogenated alkanes) is 3. The number of nitrogens with one attached hydrogen (secondary N) is 2. The number of hydrogen-bond donors (Lipinski definition) is 3. The number of allylic oxidation sites excluding steroid dienone is 1. The summed E-state index contributed by atoms with van der Waals surface area (Å²) in [4.78, 5) is 37.8. The van der Waals surface area contributed by atoms with E-state index in [1.165, 1.54) is 6.08 Å². The Morgan fingerprint density at radius 1 is 1.32 bits per heavy atom. The third-order valence-electron chi connectivity index (χ3n) is 3.68. The first-order valence-electron chi connectivity index (χ1n) is 8.48. The molecule has 1 aromatic rings. The van der Waals surface area contributed by atoms with Crippen LogP contribution in [0, 0.1) is 0 Å². The van der Waals surface area contributed by atoms with E-state index in [1.54, 1.807) is 6.92 Å². The van der Waals surface area contributed by atoms with Gasteiger partial charge in [-0.05, 0) is 12.8 Å². The zero-order valence-corrected chi connectivity index (χ0v) is 14.8. The van der Waals surface area contributed by atoms with Gasteiger partial charge in [-0.15, -0.1) is 6.58 Å². The van der Waals surface area contributed by atoms with E-state index in [4.69, 9.17) is 0 Å². The smallest absolute Gasteiger partial charge is 0.331 e. The lowest BCUT2D eigenvalue weighted by molar-refractivity contribution is -0.121. The number of hydrazone groups is 1. The van der Waals surface area contributed by atoms with E-state index in [0.717, 1.165) is 30.3 Å². The number of aromatic amines is 1. The Labute approximate surface area is 146 Å². The van der Waals surface area contributed by atoms with E-state index >= 15 is 0 Å². The van der Waals surface area contributed by atoms with Gasteiger partial charge in [0.1, 0.15) is 5.56 Å². The SMILES string of the molecule is C=CCn1c(O)c(/C(CC)=N/NC(=O)CCCCCC)c(=O)[nH]c1=O. The van der Waals surface area contributed by atoms with Crippen molar-refractivity contribution >= 4 is 11.6 Å². The summed E-state index contributed by atoms with van der Waals surface area (Å²) in [6.45, 7) is 7.36. The van der Waals surface area contributed by atoms with Gasteiger partial charge >= 0.3 is 5.69 Å². The first kappa shape index (κ1) is 20.4. The van der Waals surface area contributed by atoms with Crippen LogP contribution in [-0.2, 0) is 11.3 Å². The molecule has 1 amide bonds. The summed E-state index contributed by atoms with van der Waals surface area (Å²) in [5.41, 5.74) is 0.987. The van der Waals surface area contributed by atoms with Crippen LogP contribution in [0.1, 0.15) is 57.9 Å². The van der Waals surface area contributed by atoms with Crippen LogP contribution in [0.4, 0.5) is 0 Å². The lowest BCUT2D eigenvalue weighted by Gasteiger charge is -2.10. The second-order valence-electron chi connectivity index (χ2n) is 5.61. The number of nitrogens with zero attached hydrogens (tertiary/aromatic N) is 2. The van der Waals surface area contributed by atoms with Gasteiger partial charge in [-0.2, -0.15) is 5.10 Å². The molecule has 3 N–H and O–H groups in total. The number of aromatic hydroxyl groups is 1. The highest BCUT2D eigenvalue weighted by Gasteiger charge is 2.18. The van der Waals surface area contributed by atoms with Crippen molar-refractivity contribution < 1.29 is 9.90 Å². The molecule has 1 rings (SSSR count). The van der Waals surface area contributed by atoms with E-state index < -0.39 is 17.1 Å². The molecule has 0 saturated carbocycles. The Bertz CT molecular complexity index is 746. The lowest BCUT2D eigenvalue weighted by Crippen LogP contribution is -2.34. The minimum Gasteiger partial charge on any atom is -0.494 e. The molecule has 0 aliphatic carbocycles. The van der Waals surface area contributed by atoms with Gasteiger partial charge in [-0.3, -0.25) is 19.1 Å². The predicted molar refractivity (Wildman–Crippen MR) is 96.9 cm³/mol. The number of aromatic nitrogens is 2. The molecule has 0 spiro atoms. The molecule has 0 radical (unpaired) electrons.